The molecule has 7 heteroatoms. The summed E-state index contributed by atoms with van der Waals surface area (Å²) in [6.45, 7) is 0.188. The third-order valence-corrected chi connectivity index (χ3v) is 2.81. The van der Waals surface area contributed by atoms with Crippen molar-refractivity contribution in [3.05, 3.63) is 5.69 Å². The van der Waals surface area contributed by atoms with Gasteiger partial charge < -0.3 is 10.5 Å². The number of thioether (sulfide) groups is 1. The third-order valence-electron chi connectivity index (χ3n) is 1.16. The molecule has 12 heavy (non-hydrogen) atoms. The first-order chi connectivity index (χ1) is 5.88. The van der Waals surface area contributed by atoms with Crippen molar-refractivity contribution in [3.8, 4) is 0 Å². The predicted octanol–water partition coefficient (Wildman–Crippen LogP) is 0.0492. The number of hydrogen-bond acceptors (Lipinski definition) is 7. The van der Waals surface area contributed by atoms with E-state index in [-0.39, 0.29) is 6.61 Å². The van der Waals surface area contributed by atoms with Crippen LogP contribution in [0.25, 0.3) is 0 Å². The van der Waals surface area contributed by atoms with E-state index in [0.717, 1.165) is 16.4 Å². The molecule has 0 amide bonds. The van der Waals surface area contributed by atoms with Crippen LogP contribution in [-0.2, 0) is 5.75 Å². The molecule has 0 fully saturated rings. The minimum Gasteiger partial charge on any atom is -0.396 e. The molecule has 0 aliphatic rings. The quantitative estimate of drug-likeness (QED) is 0.358. The van der Waals surface area contributed by atoms with Crippen LogP contribution in [0, 0.1) is 0 Å². The molecule has 5 nitrogen and oxygen atoms in total. The summed E-state index contributed by atoms with van der Waals surface area (Å²) >= 11 is 2.83. The Morgan fingerprint density at radius 1 is 1.67 bits per heavy atom. The molecule has 68 valence electrons. The number of nitrogens with zero attached hydrogens (tertiary/aromatic N) is 2. The van der Waals surface area contributed by atoms with Crippen LogP contribution in [0.2, 0.25) is 0 Å². The van der Waals surface area contributed by atoms with Gasteiger partial charge in [0, 0.05) is 23.0 Å². The Morgan fingerprint density at radius 3 is 3.17 bits per heavy atom. The van der Waals surface area contributed by atoms with Gasteiger partial charge >= 0.3 is 0 Å². The average molecular weight is 206 g/mol. The number of hydrogen-bond donors (Lipinski definition) is 3. The van der Waals surface area contributed by atoms with E-state index in [9.17, 15) is 0 Å². The molecule has 0 saturated carbocycles. The Hall–Kier alpha value is -0.370. The lowest BCUT2D eigenvalue weighted by atomic mass is 10.5. The number of nitrogens with two attached hydrogens (primary N) is 1. The first-order valence-electron chi connectivity index (χ1n) is 3.35. The Balaban J connectivity index is 2.39. The molecule has 0 atom stereocenters. The van der Waals surface area contributed by atoms with Crippen molar-refractivity contribution in [2.45, 2.75) is 5.75 Å². The highest BCUT2D eigenvalue weighted by Crippen LogP contribution is 2.20. The van der Waals surface area contributed by atoms with E-state index < -0.39 is 0 Å². The van der Waals surface area contributed by atoms with E-state index in [1.807, 2.05) is 0 Å². The lowest BCUT2D eigenvalue weighted by molar-refractivity contribution is 0.322. The van der Waals surface area contributed by atoms with Crippen LogP contribution in [0.5, 0.6) is 0 Å². The summed E-state index contributed by atoms with van der Waals surface area (Å²) in [5.41, 5.74) is 3.37. The van der Waals surface area contributed by atoms with Gasteiger partial charge in [0.05, 0.1) is 6.61 Å². The second kappa shape index (κ2) is 5.31. The minimum atomic E-state index is 0.188. The van der Waals surface area contributed by atoms with E-state index in [1.165, 1.54) is 11.5 Å². The van der Waals surface area contributed by atoms with Gasteiger partial charge in [0.1, 0.15) is 10.7 Å². The summed E-state index contributed by atoms with van der Waals surface area (Å²) in [7, 11) is 0. The number of hydrazine groups is 1. The molecule has 0 aromatic carbocycles. The molecule has 1 aromatic rings. The van der Waals surface area contributed by atoms with Crippen molar-refractivity contribution in [3.63, 3.8) is 0 Å². The van der Waals surface area contributed by atoms with Gasteiger partial charge in [-0.15, -0.1) is 5.10 Å². The maximum absolute atomic E-state index is 8.53. The molecule has 1 aromatic heterocycles. The molecule has 0 spiro atoms. The average Bonchev–Trinajstić information content (AvgIpc) is 2.52. The van der Waals surface area contributed by atoms with Gasteiger partial charge in [0.2, 0.25) is 0 Å². The van der Waals surface area contributed by atoms with Crippen molar-refractivity contribution in [2.24, 2.45) is 5.84 Å². The summed E-state index contributed by atoms with van der Waals surface area (Å²) in [6, 6.07) is 0. The van der Waals surface area contributed by atoms with Gasteiger partial charge in [0.25, 0.3) is 0 Å². The SMILES string of the molecule is NNc1snnc1CSCCO. The minimum absolute atomic E-state index is 0.188. The number of aromatic nitrogens is 2. The lowest BCUT2D eigenvalue weighted by Gasteiger charge is -1.97. The third kappa shape index (κ3) is 2.59. The van der Waals surface area contributed by atoms with E-state index in [2.05, 4.69) is 15.0 Å². The summed E-state index contributed by atoms with van der Waals surface area (Å²) in [5, 5.41) is 13.2. The van der Waals surface area contributed by atoms with Crippen molar-refractivity contribution >= 4 is 28.3 Å². The standard InChI is InChI=1S/C5H10N4OS2/c6-7-5-4(8-9-12-5)3-11-2-1-10/h7,10H,1-3,6H2. The van der Waals surface area contributed by atoms with Crippen molar-refractivity contribution in [1.29, 1.82) is 0 Å². The predicted molar refractivity (Wildman–Crippen MR) is 51.0 cm³/mol. The summed E-state index contributed by atoms with van der Waals surface area (Å²) < 4.78 is 3.75. The van der Waals surface area contributed by atoms with Crippen molar-refractivity contribution in [2.75, 3.05) is 17.8 Å². The summed E-state index contributed by atoms with van der Waals surface area (Å²) in [4.78, 5) is 0. The van der Waals surface area contributed by atoms with Crippen LogP contribution in [0.3, 0.4) is 0 Å². The first-order valence-corrected chi connectivity index (χ1v) is 5.27. The zero-order valence-electron chi connectivity index (χ0n) is 6.36. The number of aliphatic hydroxyl groups is 1. The van der Waals surface area contributed by atoms with Crippen LogP contribution in [-0.4, -0.2) is 27.1 Å². The van der Waals surface area contributed by atoms with Gasteiger partial charge in [-0.25, -0.2) is 5.84 Å². The second-order valence-electron chi connectivity index (χ2n) is 1.97. The highest BCUT2D eigenvalue weighted by Gasteiger charge is 2.05. The van der Waals surface area contributed by atoms with E-state index >= 15 is 0 Å². The number of rotatable bonds is 5. The highest BCUT2D eigenvalue weighted by molar-refractivity contribution is 7.98. The molecule has 0 unspecified atom stereocenters. The number of anilines is 1. The number of aliphatic hydroxyl groups excluding tert-OH is 1. The van der Waals surface area contributed by atoms with Gasteiger partial charge in [-0.05, 0) is 0 Å². The van der Waals surface area contributed by atoms with E-state index in [1.54, 1.807) is 11.8 Å². The smallest absolute Gasteiger partial charge is 0.148 e. The topological polar surface area (TPSA) is 84.1 Å². The summed E-state index contributed by atoms with van der Waals surface area (Å²) in [5.74, 6) is 6.66. The van der Waals surface area contributed by atoms with Crippen LogP contribution >= 0.6 is 23.3 Å². The number of nitrogen functional groups attached to an aromatic ring is 1. The van der Waals surface area contributed by atoms with Crippen molar-refractivity contribution in [1.82, 2.24) is 9.59 Å². The van der Waals surface area contributed by atoms with Crippen LogP contribution in [0.1, 0.15) is 5.69 Å². The molecule has 1 rings (SSSR count). The Labute approximate surface area is 78.5 Å². The molecule has 0 aliphatic carbocycles. The van der Waals surface area contributed by atoms with E-state index in [4.69, 9.17) is 10.9 Å². The Morgan fingerprint density at radius 2 is 2.50 bits per heavy atom. The molecule has 0 saturated heterocycles. The monoisotopic (exact) mass is 206 g/mol. The largest absolute Gasteiger partial charge is 0.396 e. The fourth-order valence-electron chi connectivity index (χ4n) is 0.646. The van der Waals surface area contributed by atoms with Crippen molar-refractivity contribution < 1.29 is 5.11 Å². The molecule has 1 heterocycles. The highest BCUT2D eigenvalue weighted by atomic mass is 32.2. The fraction of sp³-hybridized carbons (Fsp3) is 0.600. The van der Waals surface area contributed by atoms with Gasteiger partial charge in [-0.3, -0.25) is 0 Å². The Kier molecular flexibility index (Phi) is 4.30. The maximum Gasteiger partial charge on any atom is 0.148 e. The maximum atomic E-state index is 8.53. The van der Waals surface area contributed by atoms with Gasteiger partial charge in [-0.1, -0.05) is 4.49 Å². The zero-order valence-corrected chi connectivity index (χ0v) is 7.99. The fourth-order valence-corrected chi connectivity index (χ4v) is 1.90. The molecule has 0 bridgehead atoms. The lowest BCUT2D eigenvalue weighted by Crippen LogP contribution is -2.06. The number of nitrogens with one attached hydrogen (secondary N) is 1. The Bertz CT molecular complexity index is 229. The van der Waals surface area contributed by atoms with Gasteiger partial charge in [-0.2, -0.15) is 11.8 Å². The van der Waals surface area contributed by atoms with Crippen LogP contribution in [0.4, 0.5) is 5.00 Å². The molecule has 4 N–H and O–H groups in total. The zero-order chi connectivity index (χ0) is 8.81. The van der Waals surface area contributed by atoms with Gasteiger partial charge in [0.15, 0.2) is 0 Å². The first kappa shape index (κ1) is 9.72. The normalized spacial score (nSPS) is 10.2. The molecule has 0 radical (unpaired) electrons. The molecular formula is C5H10N4OS2. The molecular weight excluding hydrogens is 196 g/mol. The summed E-state index contributed by atoms with van der Waals surface area (Å²) in [6.07, 6.45) is 0. The second-order valence-corrected chi connectivity index (χ2v) is 3.83. The van der Waals surface area contributed by atoms with E-state index in [0.29, 0.717) is 5.75 Å². The van der Waals surface area contributed by atoms with Crippen LogP contribution < -0.4 is 11.3 Å². The van der Waals surface area contributed by atoms with Crippen LogP contribution in [0.15, 0.2) is 0 Å². The molecule has 0 aliphatic heterocycles.